The van der Waals surface area contributed by atoms with E-state index in [1.807, 2.05) is 6.20 Å². The zero-order valence-corrected chi connectivity index (χ0v) is 14.3. The molecule has 0 aliphatic carbocycles. The average Bonchev–Trinajstić information content (AvgIpc) is 2.45. The number of rotatable bonds is 4. The fourth-order valence-corrected chi connectivity index (χ4v) is 2.82. The summed E-state index contributed by atoms with van der Waals surface area (Å²) in [7, 11) is 0. The minimum absolute atomic E-state index is 0.0417. The summed E-state index contributed by atoms with van der Waals surface area (Å²) in [6.45, 7) is 13.4. The highest BCUT2D eigenvalue weighted by Gasteiger charge is 2.24. The van der Waals surface area contributed by atoms with Crippen molar-refractivity contribution >= 4 is 11.0 Å². The van der Waals surface area contributed by atoms with Gasteiger partial charge in [-0.05, 0) is 36.0 Å². The Bertz CT molecular complexity index is 625. The molecule has 1 heterocycles. The summed E-state index contributed by atoms with van der Waals surface area (Å²) in [6.07, 6.45) is 5.49. The molecule has 21 heavy (non-hydrogen) atoms. The molecular formula is C19H28N2. The van der Waals surface area contributed by atoms with Crippen molar-refractivity contribution in [2.45, 2.75) is 71.6 Å². The Morgan fingerprint density at radius 2 is 1.71 bits per heavy atom. The normalized spacial score (nSPS) is 15.1. The molecule has 1 unspecified atom stereocenters. The predicted molar refractivity (Wildman–Crippen MR) is 90.8 cm³/mol. The van der Waals surface area contributed by atoms with Gasteiger partial charge in [-0.15, -0.1) is 0 Å². The van der Waals surface area contributed by atoms with E-state index in [1.54, 1.807) is 0 Å². The van der Waals surface area contributed by atoms with Crippen molar-refractivity contribution in [1.82, 2.24) is 9.97 Å². The van der Waals surface area contributed by atoms with Crippen LogP contribution in [0.25, 0.3) is 11.0 Å². The van der Waals surface area contributed by atoms with Crippen LogP contribution in [0.3, 0.4) is 0 Å². The minimum Gasteiger partial charge on any atom is -0.253 e. The van der Waals surface area contributed by atoms with Gasteiger partial charge >= 0.3 is 0 Å². The first-order valence-corrected chi connectivity index (χ1v) is 8.08. The zero-order chi connectivity index (χ0) is 15.7. The third kappa shape index (κ3) is 3.25. The van der Waals surface area contributed by atoms with Crippen molar-refractivity contribution in [3.63, 3.8) is 0 Å². The van der Waals surface area contributed by atoms with Crippen LogP contribution in [0.4, 0.5) is 0 Å². The second-order valence-corrected chi connectivity index (χ2v) is 7.37. The van der Waals surface area contributed by atoms with Crippen LogP contribution in [0.2, 0.25) is 0 Å². The standard InChI is InChI=1S/C19H28N2/c1-7-11-19(6,8-2)14-9-10-15-16(12-14)20-13-17(21-15)18(3,4)5/h9-10,12-13H,7-8,11H2,1-6H3. The Kier molecular flexibility index (Phi) is 4.36. The molecule has 0 amide bonds. The summed E-state index contributed by atoms with van der Waals surface area (Å²) < 4.78 is 0. The Hall–Kier alpha value is -1.44. The maximum absolute atomic E-state index is 4.78. The van der Waals surface area contributed by atoms with Crippen LogP contribution in [0, 0.1) is 0 Å². The molecule has 0 saturated carbocycles. The maximum atomic E-state index is 4.78. The average molecular weight is 284 g/mol. The molecule has 0 aliphatic heterocycles. The second-order valence-electron chi connectivity index (χ2n) is 7.37. The zero-order valence-electron chi connectivity index (χ0n) is 14.3. The predicted octanol–water partition coefficient (Wildman–Crippen LogP) is 5.40. The number of nitrogens with zero attached hydrogens (tertiary/aromatic N) is 2. The lowest BCUT2D eigenvalue weighted by Crippen LogP contribution is -2.20. The SMILES string of the molecule is CCCC(C)(CC)c1ccc2nc(C(C)(C)C)cnc2c1. The summed E-state index contributed by atoms with van der Waals surface area (Å²) in [5.41, 5.74) is 4.73. The van der Waals surface area contributed by atoms with E-state index in [1.165, 1.54) is 18.4 Å². The van der Waals surface area contributed by atoms with Gasteiger partial charge in [0.1, 0.15) is 0 Å². The molecule has 2 nitrogen and oxygen atoms in total. The molecule has 0 N–H and O–H groups in total. The number of benzene rings is 1. The second kappa shape index (κ2) is 5.75. The highest BCUT2D eigenvalue weighted by molar-refractivity contribution is 5.75. The van der Waals surface area contributed by atoms with Gasteiger partial charge in [-0.25, -0.2) is 4.98 Å². The van der Waals surface area contributed by atoms with Gasteiger partial charge in [0.15, 0.2) is 0 Å². The van der Waals surface area contributed by atoms with Crippen LogP contribution in [-0.2, 0) is 10.8 Å². The third-order valence-corrected chi connectivity index (χ3v) is 4.59. The van der Waals surface area contributed by atoms with E-state index in [9.17, 15) is 0 Å². The van der Waals surface area contributed by atoms with Gasteiger partial charge < -0.3 is 0 Å². The minimum atomic E-state index is 0.0417. The number of hydrogen-bond donors (Lipinski definition) is 0. The molecule has 0 saturated heterocycles. The molecule has 2 heteroatoms. The Morgan fingerprint density at radius 3 is 2.29 bits per heavy atom. The molecule has 0 aliphatic rings. The molecule has 2 aromatic rings. The molecule has 0 spiro atoms. The van der Waals surface area contributed by atoms with Gasteiger partial charge in [0, 0.05) is 11.6 Å². The lowest BCUT2D eigenvalue weighted by molar-refractivity contribution is 0.414. The lowest BCUT2D eigenvalue weighted by atomic mass is 9.76. The number of hydrogen-bond acceptors (Lipinski definition) is 2. The summed E-state index contributed by atoms with van der Waals surface area (Å²) in [5, 5.41) is 0. The fraction of sp³-hybridized carbons (Fsp3) is 0.579. The quantitative estimate of drug-likeness (QED) is 0.751. The monoisotopic (exact) mass is 284 g/mol. The summed E-state index contributed by atoms with van der Waals surface area (Å²) in [6, 6.07) is 6.60. The van der Waals surface area contributed by atoms with Gasteiger partial charge in [0.25, 0.3) is 0 Å². The lowest BCUT2D eigenvalue weighted by Gasteiger charge is -2.28. The molecule has 1 aromatic carbocycles. The van der Waals surface area contributed by atoms with Gasteiger partial charge in [-0.2, -0.15) is 0 Å². The maximum Gasteiger partial charge on any atom is 0.0890 e. The van der Waals surface area contributed by atoms with Crippen molar-refractivity contribution in [2.75, 3.05) is 0 Å². The first kappa shape index (κ1) is 15.9. The van der Waals surface area contributed by atoms with E-state index in [4.69, 9.17) is 4.98 Å². The van der Waals surface area contributed by atoms with Crippen LogP contribution < -0.4 is 0 Å². The third-order valence-electron chi connectivity index (χ3n) is 4.59. The van der Waals surface area contributed by atoms with Gasteiger partial charge in [-0.3, -0.25) is 4.98 Å². The van der Waals surface area contributed by atoms with E-state index in [-0.39, 0.29) is 10.8 Å². The molecule has 0 radical (unpaired) electrons. The van der Waals surface area contributed by atoms with Crippen molar-refractivity contribution in [2.24, 2.45) is 0 Å². The fourth-order valence-electron chi connectivity index (χ4n) is 2.82. The first-order valence-electron chi connectivity index (χ1n) is 8.08. The highest BCUT2D eigenvalue weighted by Crippen LogP contribution is 2.33. The van der Waals surface area contributed by atoms with Gasteiger partial charge in [0.2, 0.25) is 0 Å². The topological polar surface area (TPSA) is 25.8 Å². The summed E-state index contributed by atoms with van der Waals surface area (Å²) >= 11 is 0. The van der Waals surface area contributed by atoms with Crippen molar-refractivity contribution in [3.8, 4) is 0 Å². The highest BCUT2D eigenvalue weighted by atomic mass is 14.8. The van der Waals surface area contributed by atoms with E-state index in [2.05, 4.69) is 64.7 Å². The van der Waals surface area contributed by atoms with Crippen LogP contribution in [0.15, 0.2) is 24.4 Å². The van der Waals surface area contributed by atoms with Gasteiger partial charge in [0.05, 0.1) is 16.7 Å². The molecular weight excluding hydrogens is 256 g/mol. The first-order chi connectivity index (χ1) is 9.80. The van der Waals surface area contributed by atoms with Crippen LogP contribution in [0.5, 0.6) is 0 Å². The smallest absolute Gasteiger partial charge is 0.0890 e. The summed E-state index contributed by atoms with van der Waals surface area (Å²) in [4.78, 5) is 9.43. The van der Waals surface area contributed by atoms with Crippen molar-refractivity contribution in [1.29, 1.82) is 0 Å². The Balaban J connectivity index is 2.48. The van der Waals surface area contributed by atoms with Crippen LogP contribution in [0.1, 0.15) is 72.1 Å². The number of fused-ring (bicyclic) bond motifs is 1. The largest absolute Gasteiger partial charge is 0.253 e. The number of aromatic nitrogens is 2. The Labute approximate surface area is 129 Å². The Morgan fingerprint density at radius 1 is 1.00 bits per heavy atom. The summed E-state index contributed by atoms with van der Waals surface area (Å²) in [5.74, 6) is 0. The van der Waals surface area contributed by atoms with E-state index in [0.717, 1.165) is 23.1 Å². The van der Waals surface area contributed by atoms with Crippen molar-refractivity contribution < 1.29 is 0 Å². The molecule has 1 aromatic heterocycles. The van der Waals surface area contributed by atoms with Crippen LogP contribution in [-0.4, -0.2) is 9.97 Å². The molecule has 2 rings (SSSR count). The van der Waals surface area contributed by atoms with Crippen LogP contribution >= 0.6 is 0 Å². The van der Waals surface area contributed by atoms with Crippen molar-refractivity contribution in [3.05, 3.63) is 35.7 Å². The van der Waals surface area contributed by atoms with E-state index in [0.29, 0.717) is 0 Å². The van der Waals surface area contributed by atoms with E-state index >= 15 is 0 Å². The van der Waals surface area contributed by atoms with Gasteiger partial charge in [-0.1, -0.05) is 54.0 Å². The van der Waals surface area contributed by atoms with E-state index < -0.39 is 0 Å². The molecule has 0 fully saturated rings. The molecule has 114 valence electrons. The molecule has 0 bridgehead atoms. The molecule has 1 atom stereocenters.